The van der Waals surface area contributed by atoms with Gasteiger partial charge in [-0.15, -0.1) is 0 Å². The highest BCUT2D eigenvalue weighted by Crippen LogP contribution is 1.99. The molecule has 1 N–H and O–H groups in total. The van der Waals surface area contributed by atoms with E-state index in [2.05, 4.69) is 10.3 Å². The van der Waals surface area contributed by atoms with Crippen molar-refractivity contribution < 1.29 is 8.42 Å². The van der Waals surface area contributed by atoms with Gasteiger partial charge in [-0.1, -0.05) is 0 Å². The molecule has 86 valence electrons. The Morgan fingerprint density at radius 3 is 2.94 bits per heavy atom. The molecule has 0 aliphatic heterocycles. The minimum Gasteiger partial charge on any atom is -0.312 e. The first-order valence-electron chi connectivity index (χ1n) is 4.75. The maximum absolute atomic E-state index is 10.8. The monoisotopic (exact) mass is 239 g/mol. The maximum Gasteiger partial charge on any atom is 0.148 e. The summed E-state index contributed by atoms with van der Waals surface area (Å²) < 4.78 is 21.7. The smallest absolute Gasteiger partial charge is 0.148 e. The van der Waals surface area contributed by atoms with Crippen LogP contribution in [0.3, 0.4) is 0 Å². The van der Waals surface area contributed by atoms with E-state index in [0.29, 0.717) is 18.8 Å². The van der Waals surface area contributed by atoms with Crippen LogP contribution in [0.4, 0.5) is 0 Å². The predicted octanol–water partition coefficient (Wildman–Crippen LogP) is 0.0875. The van der Waals surface area contributed by atoms with Crippen molar-refractivity contribution in [2.45, 2.75) is 6.54 Å². The van der Waals surface area contributed by atoms with E-state index in [-0.39, 0.29) is 5.75 Å². The van der Waals surface area contributed by atoms with Gasteiger partial charge >= 0.3 is 0 Å². The SMILES string of the molecule is CS(=O)(=O)CCNCc1ccnc(C#N)c1. The lowest BCUT2D eigenvalue weighted by atomic mass is 10.2. The minimum absolute atomic E-state index is 0.114. The molecule has 0 aliphatic carbocycles. The molecule has 1 aromatic rings. The summed E-state index contributed by atoms with van der Waals surface area (Å²) in [6.07, 6.45) is 2.76. The third-order valence-electron chi connectivity index (χ3n) is 1.92. The van der Waals surface area contributed by atoms with Crippen molar-refractivity contribution in [1.82, 2.24) is 10.3 Å². The Balaban J connectivity index is 2.41. The van der Waals surface area contributed by atoms with Crippen molar-refractivity contribution >= 4 is 9.84 Å². The van der Waals surface area contributed by atoms with Gasteiger partial charge in [0, 0.05) is 25.5 Å². The van der Waals surface area contributed by atoms with Crippen molar-refractivity contribution in [3.05, 3.63) is 29.6 Å². The Morgan fingerprint density at radius 1 is 1.56 bits per heavy atom. The summed E-state index contributed by atoms with van der Waals surface area (Å²) >= 11 is 0. The Hall–Kier alpha value is -1.45. The Kier molecular flexibility index (Phi) is 4.40. The molecule has 0 amide bonds. The van der Waals surface area contributed by atoms with Crippen LogP contribution >= 0.6 is 0 Å². The van der Waals surface area contributed by atoms with E-state index < -0.39 is 9.84 Å². The van der Waals surface area contributed by atoms with E-state index >= 15 is 0 Å². The van der Waals surface area contributed by atoms with Gasteiger partial charge in [0.1, 0.15) is 21.6 Å². The average molecular weight is 239 g/mol. The van der Waals surface area contributed by atoms with Crippen LogP contribution in [0.5, 0.6) is 0 Å². The molecule has 0 bridgehead atoms. The van der Waals surface area contributed by atoms with Gasteiger partial charge in [0.15, 0.2) is 0 Å². The summed E-state index contributed by atoms with van der Waals surface area (Å²) in [4.78, 5) is 3.84. The normalized spacial score (nSPS) is 11.0. The molecule has 6 heteroatoms. The molecule has 0 saturated carbocycles. The number of nitrogens with zero attached hydrogens (tertiary/aromatic N) is 2. The lowest BCUT2D eigenvalue weighted by Crippen LogP contribution is -2.21. The van der Waals surface area contributed by atoms with Gasteiger partial charge in [-0.25, -0.2) is 13.4 Å². The number of nitriles is 1. The highest BCUT2D eigenvalue weighted by atomic mass is 32.2. The number of aromatic nitrogens is 1. The fraction of sp³-hybridized carbons (Fsp3) is 0.400. The van der Waals surface area contributed by atoms with Gasteiger partial charge in [-0.3, -0.25) is 0 Å². The molecule has 0 unspecified atom stereocenters. The summed E-state index contributed by atoms with van der Waals surface area (Å²) in [6, 6.07) is 5.41. The first-order chi connectivity index (χ1) is 7.51. The van der Waals surface area contributed by atoms with Crippen molar-refractivity contribution in [3.8, 4) is 6.07 Å². The Morgan fingerprint density at radius 2 is 2.31 bits per heavy atom. The van der Waals surface area contributed by atoms with Crippen LogP contribution in [0.15, 0.2) is 18.3 Å². The molecule has 0 spiro atoms. The van der Waals surface area contributed by atoms with Gasteiger partial charge in [-0.2, -0.15) is 5.26 Å². The summed E-state index contributed by atoms with van der Waals surface area (Å²) in [7, 11) is -2.92. The average Bonchev–Trinajstić information content (AvgIpc) is 2.23. The number of pyridine rings is 1. The van der Waals surface area contributed by atoms with E-state index in [9.17, 15) is 8.42 Å². The summed E-state index contributed by atoms with van der Waals surface area (Å²) in [6.45, 7) is 0.940. The van der Waals surface area contributed by atoms with E-state index in [1.807, 2.05) is 6.07 Å². The summed E-state index contributed by atoms with van der Waals surface area (Å²) in [5, 5.41) is 11.6. The lowest BCUT2D eigenvalue weighted by molar-refractivity contribution is 0.596. The number of hydrogen-bond acceptors (Lipinski definition) is 5. The van der Waals surface area contributed by atoms with E-state index in [1.54, 1.807) is 18.3 Å². The summed E-state index contributed by atoms with van der Waals surface area (Å²) in [5.41, 5.74) is 1.28. The molecule has 5 nitrogen and oxygen atoms in total. The molecule has 16 heavy (non-hydrogen) atoms. The zero-order valence-electron chi connectivity index (χ0n) is 8.97. The molecule has 0 radical (unpaired) electrons. The zero-order chi connectivity index (χ0) is 12.0. The molecular formula is C10H13N3O2S. The molecule has 0 atom stereocenters. The fourth-order valence-corrected chi connectivity index (χ4v) is 1.65. The first kappa shape index (κ1) is 12.6. The van der Waals surface area contributed by atoms with Crippen LogP contribution < -0.4 is 5.32 Å². The number of sulfone groups is 1. The van der Waals surface area contributed by atoms with Crippen molar-refractivity contribution in [1.29, 1.82) is 5.26 Å². The third kappa shape index (κ3) is 4.87. The zero-order valence-corrected chi connectivity index (χ0v) is 9.79. The topological polar surface area (TPSA) is 82.8 Å². The van der Waals surface area contributed by atoms with Gasteiger partial charge in [-0.05, 0) is 17.7 Å². The van der Waals surface area contributed by atoms with E-state index in [0.717, 1.165) is 5.56 Å². The number of nitrogens with one attached hydrogen (secondary N) is 1. The molecular weight excluding hydrogens is 226 g/mol. The number of rotatable bonds is 5. The van der Waals surface area contributed by atoms with Gasteiger partial charge in [0.05, 0.1) is 5.75 Å². The van der Waals surface area contributed by atoms with Crippen LogP contribution in [-0.2, 0) is 16.4 Å². The molecule has 0 saturated heterocycles. The van der Waals surface area contributed by atoms with Gasteiger partial charge in [0.2, 0.25) is 0 Å². The second-order valence-corrected chi connectivity index (χ2v) is 5.73. The van der Waals surface area contributed by atoms with Crippen molar-refractivity contribution in [3.63, 3.8) is 0 Å². The molecule has 1 aromatic heterocycles. The minimum atomic E-state index is -2.92. The van der Waals surface area contributed by atoms with Crippen LogP contribution in [0.2, 0.25) is 0 Å². The van der Waals surface area contributed by atoms with Gasteiger partial charge < -0.3 is 5.32 Å². The quantitative estimate of drug-likeness (QED) is 0.736. The van der Waals surface area contributed by atoms with Crippen LogP contribution in [0.1, 0.15) is 11.3 Å². The standard InChI is InChI=1S/C10H13N3O2S/c1-16(14,15)5-4-12-8-9-2-3-13-10(6-9)7-11/h2-3,6,12H,4-5,8H2,1H3. The maximum atomic E-state index is 10.8. The largest absolute Gasteiger partial charge is 0.312 e. The van der Waals surface area contributed by atoms with E-state index in [4.69, 9.17) is 5.26 Å². The fourth-order valence-electron chi connectivity index (χ4n) is 1.14. The first-order valence-corrected chi connectivity index (χ1v) is 6.81. The van der Waals surface area contributed by atoms with Crippen molar-refractivity contribution in [2.24, 2.45) is 0 Å². The number of hydrogen-bond donors (Lipinski definition) is 1. The lowest BCUT2D eigenvalue weighted by Gasteiger charge is -2.03. The summed E-state index contributed by atoms with van der Waals surface area (Å²) in [5.74, 6) is 0.114. The highest BCUT2D eigenvalue weighted by molar-refractivity contribution is 7.90. The Labute approximate surface area is 95.0 Å². The second-order valence-electron chi connectivity index (χ2n) is 3.47. The second kappa shape index (κ2) is 5.58. The molecule has 1 rings (SSSR count). The highest BCUT2D eigenvalue weighted by Gasteiger charge is 2.01. The van der Waals surface area contributed by atoms with Gasteiger partial charge in [0.25, 0.3) is 0 Å². The van der Waals surface area contributed by atoms with E-state index in [1.165, 1.54) is 6.26 Å². The Bertz CT molecular complexity index is 491. The van der Waals surface area contributed by atoms with Crippen LogP contribution in [0.25, 0.3) is 0 Å². The third-order valence-corrected chi connectivity index (χ3v) is 2.86. The molecule has 1 heterocycles. The molecule has 0 aliphatic rings. The molecule has 0 aromatic carbocycles. The van der Waals surface area contributed by atoms with Crippen molar-refractivity contribution in [2.75, 3.05) is 18.6 Å². The molecule has 0 fully saturated rings. The predicted molar refractivity (Wildman–Crippen MR) is 60.4 cm³/mol. The van der Waals surface area contributed by atoms with Crippen LogP contribution in [-0.4, -0.2) is 32.0 Å². The van der Waals surface area contributed by atoms with Crippen LogP contribution in [0, 0.1) is 11.3 Å².